The Balaban J connectivity index is 1.73. The second-order valence-electron chi connectivity index (χ2n) is 6.60. The van der Waals surface area contributed by atoms with E-state index in [2.05, 4.69) is 10.2 Å². The summed E-state index contributed by atoms with van der Waals surface area (Å²) >= 11 is 0. The average molecular weight is 361 g/mol. The quantitative estimate of drug-likeness (QED) is 0.908. The van der Waals surface area contributed by atoms with Crippen LogP contribution in [-0.2, 0) is 34.2 Å². The Morgan fingerprint density at radius 3 is 3.04 bits per heavy atom. The highest BCUT2D eigenvalue weighted by Gasteiger charge is 2.39. The molecule has 1 fully saturated rings. The molecule has 1 unspecified atom stereocenters. The molecule has 0 amide bonds. The molecular weight excluding hydrogens is 338 g/mol. The fourth-order valence-electron chi connectivity index (χ4n) is 3.88. The molecule has 2 aromatic rings. The van der Waals surface area contributed by atoms with Gasteiger partial charge in [-0.25, -0.2) is 8.42 Å². The molecule has 0 radical (unpaired) electrons. The Hall–Kier alpha value is -1.70. The van der Waals surface area contributed by atoms with Crippen LogP contribution in [0.1, 0.15) is 48.3 Å². The lowest BCUT2D eigenvalue weighted by Gasteiger charge is -2.25. The number of rotatable bonds is 4. The van der Waals surface area contributed by atoms with Crippen molar-refractivity contribution in [3.63, 3.8) is 0 Å². The number of aromatic nitrogens is 2. The first kappa shape index (κ1) is 16.8. The number of nitrogens with zero attached hydrogens (tertiary/aromatic N) is 2. The first-order valence-electron chi connectivity index (χ1n) is 8.86. The minimum Gasteiger partial charge on any atom is -0.376 e. The van der Waals surface area contributed by atoms with Gasteiger partial charge in [-0.1, -0.05) is 25.1 Å². The van der Waals surface area contributed by atoms with Crippen LogP contribution >= 0.6 is 0 Å². The highest BCUT2D eigenvalue weighted by atomic mass is 32.2. The van der Waals surface area contributed by atoms with Crippen molar-refractivity contribution in [2.24, 2.45) is 0 Å². The van der Waals surface area contributed by atoms with E-state index in [0.717, 1.165) is 41.8 Å². The molecule has 2 aliphatic rings. The lowest BCUT2D eigenvalue weighted by Crippen LogP contribution is -2.32. The van der Waals surface area contributed by atoms with Gasteiger partial charge in [0.25, 0.3) is 0 Å². The van der Waals surface area contributed by atoms with E-state index >= 15 is 0 Å². The molecule has 7 heteroatoms. The van der Waals surface area contributed by atoms with Crippen LogP contribution in [0.2, 0.25) is 0 Å². The van der Waals surface area contributed by atoms with E-state index in [1.807, 2.05) is 19.1 Å². The summed E-state index contributed by atoms with van der Waals surface area (Å²) < 4.78 is 33.9. The van der Waals surface area contributed by atoms with Crippen LogP contribution < -0.4 is 0 Å². The molecule has 25 heavy (non-hydrogen) atoms. The highest BCUT2D eigenvalue weighted by molar-refractivity contribution is 7.89. The number of ether oxygens (including phenoxy) is 1. The first-order valence-corrected chi connectivity index (χ1v) is 10.3. The molecule has 4 rings (SSSR count). The van der Waals surface area contributed by atoms with Crippen molar-refractivity contribution < 1.29 is 13.2 Å². The SMILES string of the molecule is CCc1ccccc1S(=O)(=O)N1CCCC1c1n[nH]c2c1COCC2. The fourth-order valence-corrected chi connectivity index (χ4v) is 5.84. The highest BCUT2D eigenvalue weighted by Crippen LogP contribution is 2.39. The molecule has 3 heterocycles. The Bertz CT molecular complexity index is 875. The number of hydrogen-bond donors (Lipinski definition) is 1. The minimum atomic E-state index is -3.54. The van der Waals surface area contributed by atoms with Gasteiger partial charge in [0.2, 0.25) is 10.0 Å². The van der Waals surface area contributed by atoms with E-state index in [4.69, 9.17) is 4.74 Å². The Kier molecular flexibility index (Phi) is 4.39. The Morgan fingerprint density at radius 1 is 1.36 bits per heavy atom. The zero-order valence-corrected chi connectivity index (χ0v) is 15.2. The largest absolute Gasteiger partial charge is 0.376 e. The van der Waals surface area contributed by atoms with Crippen molar-refractivity contribution in [1.82, 2.24) is 14.5 Å². The predicted molar refractivity (Wildman–Crippen MR) is 93.6 cm³/mol. The van der Waals surface area contributed by atoms with E-state index < -0.39 is 10.0 Å². The van der Waals surface area contributed by atoms with Gasteiger partial charge in [-0.2, -0.15) is 9.40 Å². The van der Waals surface area contributed by atoms with Crippen LogP contribution in [0.3, 0.4) is 0 Å². The van der Waals surface area contributed by atoms with Gasteiger partial charge in [-0.3, -0.25) is 5.10 Å². The molecule has 0 bridgehead atoms. The molecule has 0 aliphatic carbocycles. The summed E-state index contributed by atoms with van der Waals surface area (Å²) in [5, 5.41) is 7.55. The number of nitrogens with one attached hydrogen (secondary N) is 1. The minimum absolute atomic E-state index is 0.211. The molecule has 2 aliphatic heterocycles. The van der Waals surface area contributed by atoms with Crippen molar-refractivity contribution in [3.05, 3.63) is 46.8 Å². The molecule has 1 aromatic heterocycles. The maximum Gasteiger partial charge on any atom is 0.243 e. The second kappa shape index (κ2) is 6.55. The van der Waals surface area contributed by atoms with Crippen molar-refractivity contribution in [3.8, 4) is 0 Å². The van der Waals surface area contributed by atoms with E-state index in [1.165, 1.54) is 0 Å². The molecule has 1 aromatic carbocycles. The first-order chi connectivity index (χ1) is 12.1. The maximum absolute atomic E-state index is 13.3. The van der Waals surface area contributed by atoms with Gasteiger partial charge in [0.05, 0.1) is 29.8 Å². The molecule has 134 valence electrons. The van der Waals surface area contributed by atoms with Gasteiger partial charge in [0.1, 0.15) is 0 Å². The topological polar surface area (TPSA) is 75.3 Å². The van der Waals surface area contributed by atoms with Crippen LogP contribution in [0.5, 0.6) is 0 Å². The monoisotopic (exact) mass is 361 g/mol. The number of fused-ring (bicyclic) bond motifs is 1. The summed E-state index contributed by atoms with van der Waals surface area (Å²) in [6, 6.07) is 7.08. The van der Waals surface area contributed by atoms with Crippen LogP contribution in [0.25, 0.3) is 0 Å². The fraction of sp³-hybridized carbons (Fsp3) is 0.500. The zero-order valence-electron chi connectivity index (χ0n) is 14.4. The van der Waals surface area contributed by atoms with Crippen molar-refractivity contribution >= 4 is 10.0 Å². The lowest BCUT2D eigenvalue weighted by atomic mass is 10.0. The maximum atomic E-state index is 13.3. The van der Waals surface area contributed by atoms with Crippen LogP contribution in [0.4, 0.5) is 0 Å². The van der Waals surface area contributed by atoms with E-state index in [0.29, 0.717) is 31.1 Å². The number of aromatic amines is 1. The summed E-state index contributed by atoms with van der Waals surface area (Å²) in [5.41, 5.74) is 3.83. The average Bonchev–Trinajstić information content (AvgIpc) is 3.28. The number of H-pyrrole nitrogens is 1. The molecule has 1 saturated heterocycles. The lowest BCUT2D eigenvalue weighted by molar-refractivity contribution is 0.109. The van der Waals surface area contributed by atoms with Gasteiger partial charge < -0.3 is 4.74 Å². The summed E-state index contributed by atoms with van der Waals surface area (Å²) in [7, 11) is -3.54. The number of hydrogen-bond acceptors (Lipinski definition) is 4. The van der Waals surface area contributed by atoms with Gasteiger partial charge in [0, 0.05) is 24.2 Å². The van der Waals surface area contributed by atoms with E-state index in [9.17, 15) is 8.42 Å². The Morgan fingerprint density at radius 2 is 2.20 bits per heavy atom. The van der Waals surface area contributed by atoms with Crippen molar-refractivity contribution in [2.75, 3.05) is 13.2 Å². The smallest absolute Gasteiger partial charge is 0.243 e. The number of aryl methyl sites for hydroxylation is 1. The Labute approximate surface area is 148 Å². The number of sulfonamides is 1. The molecule has 0 saturated carbocycles. The summed E-state index contributed by atoms with van der Waals surface area (Å²) in [6.45, 7) is 3.72. The van der Waals surface area contributed by atoms with E-state index in [-0.39, 0.29) is 6.04 Å². The standard InChI is InChI=1S/C18H23N3O3S/c1-2-13-6-3-4-8-17(13)25(22,23)21-10-5-7-16(21)18-14-12-24-11-9-15(14)19-20-18/h3-4,6,8,16H,2,5,7,9-12H2,1H3,(H,19,20). The van der Waals surface area contributed by atoms with Gasteiger partial charge in [0.15, 0.2) is 0 Å². The molecular formula is C18H23N3O3S. The van der Waals surface area contributed by atoms with Crippen LogP contribution in [-0.4, -0.2) is 36.1 Å². The van der Waals surface area contributed by atoms with Gasteiger partial charge in [-0.15, -0.1) is 0 Å². The molecule has 0 spiro atoms. The zero-order chi connectivity index (χ0) is 17.4. The van der Waals surface area contributed by atoms with Crippen molar-refractivity contribution in [2.45, 2.75) is 50.2 Å². The van der Waals surface area contributed by atoms with E-state index in [1.54, 1.807) is 16.4 Å². The number of benzene rings is 1. The third kappa shape index (κ3) is 2.80. The summed E-state index contributed by atoms with van der Waals surface area (Å²) in [4.78, 5) is 0.421. The van der Waals surface area contributed by atoms with Crippen LogP contribution in [0, 0.1) is 0 Å². The second-order valence-corrected chi connectivity index (χ2v) is 8.46. The third-order valence-corrected chi connectivity index (χ3v) is 7.20. The van der Waals surface area contributed by atoms with Crippen LogP contribution in [0.15, 0.2) is 29.2 Å². The van der Waals surface area contributed by atoms with Gasteiger partial charge in [-0.05, 0) is 30.9 Å². The predicted octanol–water partition coefficient (Wildman–Crippen LogP) is 2.57. The van der Waals surface area contributed by atoms with Gasteiger partial charge >= 0.3 is 0 Å². The molecule has 6 nitrogen and oxygen atoms in total. The van der Waals surface area contributed by atoms with Crippen molar-refractivity contribution in [1.29, 1.82) is 0 Å². The summed E-state index contributed by atoms with van der Waals surface area (Å²) in [5.74, 6) is 0. The molecule has 1 atom stereocenters. The molecule has 1 N–H and O–H groups in total. The normalized spacial score (nSPS) is 21.4. The third-order valence-electron chi connectivity index (χ3n) is 5.19. The summed E-state index contributed by atoms with van der Waals surface area (Å²) in [6.07, 6.45) is 3.14.